The van der Waals surface area contributed by atoms with E-state index in [2.05, 4.69) is 520 Å². The molecule has 150 heavy (non-hydrogen) atoms. The summed E-state index contributed by atoms with van der Waals surface area (Å²) >= 11 is 0. The van der Waals surface area contributed by atoms with Gasteiger partial charge in [-0.3, -0.25) is 9.97 Å². The number of nitrogens with zero attached hydrogens (tertiary/aromatic N) is 8. The summed E-state index contributed by atoms with van der Waals surface area (Å²) in [7, 11) is 0. The van der Waals surface area contributed by atoms with Gasteiger partial charge in [-0.25, -0.2) is 29.9 Å². The van der Waals surface area contributed by atoms with E-state index in [0.717, 1.165) is 111 Å². The van der Waals surface area contributed by atoms with Crippen LogP contribution >= 0.6 is 0 Å². The van der Waals surface area contributed by atoms with Crippen LogP contribution in [-0.4, -0.2) is 39.9 Å². The Labute approximate surface area is 876 Å². The fourth-order valence-corrected chi connectivity index (χ4v) is 18.5. The zero-order valence-electron chi connectivity index (χ0n) is 83.1. The first kappa shape index (κ1) is 103. The molecule has 0 saturated carbocycles. The predicted octanol–water partition coefficient (Wildman–Crippen LogP) is 36.2. The molecule has 4 heterocycles. The van der Waals surface area contributed by atoms with E-state index in [-0.39, 0.29) is 36.9 Å². The largest absolute Gasteiger partial charge is 0.344 e. The minimum atomic E-state index is 0. The summed E-state index contributed by atoms with van der Waals surface area (Å²) in [5.41, 5.74) is 40.3. The molecule has 14 heteroatoms. The first-order chi connectivity index (χ1) is 71.3. The average molecular weight is 1940 g/mol. The topological polar surface area (TPSA) is 313 Å². The molecule has 0 radical (unpaired) electrons. The second-order valence-corrected chi connectivity index (χ2v) is 35.4. The highest BCUT2D eigenvalue weighted by Crippen LogP contribution is 2.42. The number of benzene rings is 20. The summed E-state index contributed by atoms with van der Waals surface area (Å²) in [4.78, 5) is 39.1. The number of pyridine rings is 2. The molecule has 0 aliphatic carbocycles. The van der Waals surface area contributed by atoms with Gasteiger partial charge in [0.15, 0.2) is 34.9 Å². The lowest BCUT2D eigenvalue weighted by molar-refractivity contribution is 1.07. The van der Waals surface area contributed by atoms with Gasteiger partial charge in [0.1, 0.15) is 0 Å². The first-order valence-corrected chi connectivity index (χ1v) is 48.4. The maximum Gasteiger partial charge on any atom is 0.164 e. The Morgan fingerprint density at radius 3 is 0.313 bits per heavy atom. The van der Waals surface area contributed by atoms with Crippen molar-refractivity contribution in [1.29, 1.82) is 0 Å². The molecule has 20 aromatic carbocycles. The average Bonchev–Trinajstić information content (AvgIpc) is 0.789. The highest BCUT2D eigenvalue weighted by molar-refractivity contribution is 5.88. The Hall–Kier alpha value is -19.5. The van der Waals surface area contributed by atoms with Crippen molar-refractivity contribution in [2.75, 3.05) is 0 Å². The second-order valence-electron chi connectivity index (χ2n) is 35.4. The van der Waals surface area contributed by atoms with Crippen LogP contribution < -0.4 is 36.9 Å². The van der Waals surface area contributed by atoms with E-state index >= 15 is 0 Å². The number of aromatic nitrogens is 8. The van der Waals surface area contributed by atoms with Crippen LogP contribution in [0.1, 0.15) is 0 Å². The fraction of sp³-hybridized carbons (Fsp3) is 0. The van der Waals surface area contributed by atoms with Crippen molar-refractivity contribution in [3.63, 3.8) is 0 Å². The zero-order valence-corrected chi connectivity index (χ0v) is 83.1. The molecule has 0 bridgehead atoms. The predicted molar refractivity (Wildman–Crippen MR) is 626 cm³/mol. The van der Waals surface area contributed by atoms with Gasteiger partial charge < -0.3 is 36.9 Å². The smallest absolute Gasteiger partial charge is 0.164 e. The number of rotatable bonds is 21. The molecule has 0 amide bonds. The Morgan fingerprint density at radius 2 is 0.173 bits per heavy atom. The fourth-order valence-electron chi connectivity index (χ4n) is 18.5. The Balaban J connectivity index is 0.000000161. The van der Waals surface area contributed by atoms with E-state index in [1.807, 2.05) is 61.2 Å². The van der Waals surface area contributed by atoms with Crippen LogP contribution in [0, 0.1) is 0 Å². The molecule has 18 N–H and O–H groups in total. The third-order valence-corrected chi connectivity index (χ3v) is 25.9. The minimum absolute atomic E-state index is 0. The molecule has 0 fully saturated rings. The van der Waals surface area contributed by atoms with E-state index in [4.69, 9.17) is 29.9 Å². The monoisotopic (exact) mass is 1940 g/mol. The Morgan fingerprint density at radius 1 is 0.0800 bits per heavy atom. The quantitative estimate of drug-likeness (QED) is 0.0390. The van der Waals surface area contributed by atoms with Gasteiger partial charge in [0.25, 0.3) is 0 Å². The summed E-state index contributed by atoms with van der Waals surface area (Å²) in [6.45, 7) is 0. The van der Waals surface area contributed by atoms with Crippen LogP contribution in [-0.2, 0) is 0 Å². The molecule has 4 aromatic heterocycles. The molecule has 0 spiro atoms. The Kier molecular flexibility index (Phi) is 33.9. The molecule has 24 rings (SSSR count). The van der Waals surface area contributed by atoms with Gasteiger partial charge in [0.2, 0.25) is 0 Å². The maximum atomic E-state index is 5.20. The van der Waals surface area contributed by atoms with E-state index in [0.29, 0.717) is 34.9 Å². The van der Waals surface area contributed by atoms with Crippen molar-refractivity contribution in [2.45, 2.75) is 0 Å². The SMILES string of the molecule is N.N.N.N.N.N.c1ccc(-c2cccc(-c3cc(-c4cccc(-c5ccncc5)c4)cc(-c4cccc(-c5ccncc5)c4)c3)c2)cc1.c1ccc(-c2cccc(-c3cccc(-c4nc(-c5cccc(-c6cccc(-c7ccccc7)c6)c5)nc(-c5cccc(-c6cccc(-c7ccccc7)c6)c5)n4)c3)c2)cc1.c1ccc(-c2cccc(-c3nc(-c4cccc(-c5ccccc5)c4)nc(-c4cccc(-c5ccccc5)c4)n3)c2)cc1. The van der Waals surface area contributed by atoms with Crippen molar-refractivity contribution in [3.05, 3.63) is 571 Å². The standard InChI is InChI=1S/C57H39N3.C40H28N2.C39H27N3.6H3N/c1-4-16-40(17-5-1)43-22-10-25-46(34-43)49-28-13-31-52(37-49)55-58-56(53-32-14-29-50(38-53)47-26-11-23-44(35-47)41-18-6-2-7-19-41)60-57(59-55)54-33-15-30-51(39-54)48-27-12-24-45(36-48)42-20-8-3-9-21-42;1-2-7-29(8-3-1)32-9-4-12-35(23-32)38-26-39(36-13-5-10-33(24-36)30-15-19-41-20-16-30)28-40(27-38)37-14-6-11-34(25-37)31-17-21-42-22-18-31;1-4-13-28(14-5-1)31-19-10-22-34(25-31)37-40-38(35-23-11-20-32(26-35)29-15-6-2-7-16-29)42-39(41-37)36-24-12-21-33(27-36)30-17-8-3-9-18-30;;;;;;/h1-39H;1-28H;1-27H;6*1H3. The highest BCUT2D eigenvalue weighted by Gasteiger charge is 2.21. The van der Waals surface area contributed by atoms with Crippen LogP contribution in [0.4, 0.5) is 0 Å². The lowest BCUT2D eigenvalue weighted by Gasteiger charge is -2.14. The lowest BCUT2D eigenvalue weighted by atomic mass is 9.90. The summed E-state index contributed by atoms with van der Waals surface area (Å²) in [6, 6.07) is 191. The van der Waals surface area contributed by atoms with Gasteiger partial charge in [-0.15, -0.1) is 0 Å². The van der Waals surface area contributed by atoms with Crippen LogP contribution in [0.2, 0.25) is 0 Å². The third kappa shape index (κ3) is 24.4. The second kappa shape index (κ2) is 49.2. The van der Waals surface area contributed by atoms with Crippen LogP contribution in [0.15, 0.2) is 571 Å². The molecule has 0 unspecified atom stereocenters. The molecule has 0 aliphatic rings. The van der Waals surface area contributed by atoms with Crippen molar-refractivity contribution in [3.8, 4) is 235 Å². The zero-order chi connectivity index (χ0) is 96.4. The molecule has 726 valence electrons. The van der Waals surface area contributed by atoms with E-state index in [1.54, 1.807) is 0 Å². The van der Waals surface area contributed by atoms with Gasteiger partial charge in [-0.1, -0.05) is 431 Å². The van der Waals surface area contributed by atoms with Crippen LogP contribution in [0.25, 0.3) is 235 Å². The molecule has 0 saturated heterocycles. The molecule has 14 nitrogen and oxygen atoms in total. The Bertz CT molecular complexity index is 7490. The summed E-state index contributed by atoms with van der Waals surface area (Å²) in [5, 5.41) is 0. The third-order valence-electron chi connectivity index (χ3n) is 25.9. The molecular weight excluding hydrogens is 1830 g/mol. The van der Waals surface area contributed by atoms with Gasteiger partial charge in [0, 0.05) is 58.2 Å². The molecule has 0 atom stereocenters. The number of hydrogen-bond acceptors (Lipinski definition) is 14. The molecule has 24 aromatic rings. The van der Waals surface area contributed by atoms with Gasteiger partial charge in [-0.2, -0.15) is 0 Å². The first-order valence-electron chi connectivity index (χ1n) is 48.4. The van der Waals surface area contributed by atoms with E-state index < -0.39 is 0 Å². The van der Waals surface area contributed by atoms with Crippen molar-refractivity contribution >= 4 is 0 Å². The van der Waals surface area contributed by atoms with Crippen molar-refractivity contribution in [2.24, 2.45) is 0 Å². The van der Waals surface area contributed by atoms with Gasteiger partial charge in [-0.05, 0) is 282 Å². The maximum absolute atomic E-state index is 5.20. The van der Waals surface area contributed by atoms with Gasteiger partial charge >= 0.3 is 0 Å². The van der Waals surface area contributed by atoms with Crippen LogP contribution in [0.5, 0.6) is 0 Å². The summed E-state index contributed by atoms with van der Waals surface area (Å²) in [6.07, 6.45) is 7.37. The number of hydrogen-bond donors (Lipinski definition) is 6. The molecular formula is C136H112N14. The highest BCUT2D eigenvalue weighted by atomic mass is 15.0. The molecule has 0 aliphatic heterocycles. The summed E-state index contributed by atoms with van der Waals surface area (Å²) in [5.74, 6) is 3.77. The van der Waals surface area contributed by atoms with Crippen LogP contribution in [0.3, 0.4) is 0 Å². The normalized spacial score (nSPS) is 10.5. The minimum Gasteiger partial charge on any atom is -0.344 e. The van der Waals surface area contributed by atoms with Gasteiger partial charge in [0.05, 0.1) is 0 Å². The van der Waals surface area contributed by atoms with Crippen molar-refractivity contribution in [1.82, 2.24) is 76.8 Å². The lowest BCUT2D eigenvalue weighted by Crippen LogP contribution is -2.00. The van der Waals surface area contributed by atoms with E-state index in [9.17, 15) is 0 Å². The van der Waals surface area contributed by atoms with E-state index in [1.165, 1.54) is 89.0 Å². The summed E-state index contributed by atoms with van der Waals surface area (Å²) < 4.78 is 0. The van der Waals surface area contributed by atoms with Crippen molar-refractivity contribution < 1.29 is 0 Å².